The Morgan fingerprint density at radius 2 is 2.15 bits per heavy atom. The lowest BCUT2D eigenvalue weighted by molar-refractivity contribution is 0.0682. The molecule has 0 fully saturated rings. The van der Waals surface area contributed by atoms with Crippen LogP contribution in [0.4, 0.5) is 8.78 Å². The van der Waals surface area contributed by atoms with Crippen LogP contribution >= 0.6 is 11.6 Å². The summed E-state index contributed by atoms with van der Waals surface area (Å²) in [4.78, 5) is 15.6. The Balaban J connectivity index is 1.89. The number of hydrogen-bond donors (Lipinski definition) is 1. The van der Waals surface area contributed by atoms with Crippen LogP contribution < -0.4 is 0 Å². The molecule has 2 aromatic heterocycles. The zero-order valence-electron chi connectivity index (χ0n) is 13.4. The molecule has 0 aromatic carbocycles. The highest BCUT2D eigenvalue weighted by molar-refractivity contribution is 6.31. The zero-order chi connectivity index (χ0) is 18.7. The minimum Gasteiger partial charge on any atom is -0.478 e. The summed E-state index contributed by atoms with van der Waals surface area (Å²) in [5.74, 6) is -1.55. The third kappa shape index (κ3) is 3.88. The third-order valence-electron chi connectivity index (χ3n) is 3.84. The third-order valence-corrected chi connectivity index (χ3v) is 4.09. The van der Waals surface area contributed by atoms with Gasteiger partial charge >= 0.3 is 5.97 Å². The van der Waals surface area contributed by atoms with E-state index in [0.717, 1.165) is 16.6 Å². The van der Waals surface area contributed by atoms with Gasteiger partial charge in [0.15, 0.2) is 0 Å². The second-order valence-electron chi connectivity index (χ2n) is 5.58. The van der Waals surface area contributed by atoms with Crippen LogP contribution in [0.5, 0.6) is 0 Å². The van der Waals surface area contributed by atoms with Crippen molar-refractivity contribution in [3.05, 3.63) is 82.5 Å². The first-order chi connectivity index (χ1) is 12.5. The number of aromatic nitrogens is 3. The molecule has 0 saturated heterocycles. The van der Waals surface area contributed by atoms with Gasteiger partial charge in [-0.3, -0.25) is 9.67 Å². The average molecular weight is 378 g/mol. The molecule has 8 heteroatoms. The largest absolute Gasteiger partial charge is 0.478 e. The fourth-order valence-corrected chi connectivity index (χ4v) is 2.77. The van der Waals surface area contributed by atoms with Crippen LogP contribution in [0, 0.1) is 0 Å². The molecule has 1 aliphatic carbocycles. The van der Waals surface area contributed by atoms with E-state index in [0.29, 0.717) is 10.7 Å². The number of pyridine rings is 1. The predicted molar refractivity (Wildman–Crippen MR) is 92.4 cm³/mol. The number of alkyl halides is 2. The van der Waals surface area contributed by atoms with E-state index < -0.39 is 23.7 Å². The molecular formula is C18H14ClF2N3O2. The highest BCUT2D eigenvalue weighted by Gasteiger charge is 2.24. The van der Waals surface area contributed by atoms with E-state index >= 15 is 0 Å². The predicted octanol–water partition coefficient (Wildman–Crippen LogP) is 4.29. The van der Waals surface area contributed by atoms with Gasteiger partial charge in [0.05, 0.1) is 24.1 Å². The van der Waals surface area contributed by atoms with Crippen molar-refractivity contribution in [2.45, 2.75) is 18.9 Å². The molecule has 0 amide bonds. The number of aromatic carboxylic acids is 1. The van der Waals surface area contributed by atoms with Crippen molar-refractivity contribution in [3.63, 3.8) is 0 Å². The SMILES string of the molecule is O=C(O)c1cnn(Cc2cccc(C3C=CC=C(Cl)C=C3)n2)c1C(F)F. The van der Waals surface area contributed by atoms with Crippen molar-refractivity contribution in [3.8, 4) is 0 Å². The van der Waals surface area contributed by atoms with Crippen LogP contribution in [0.2, 0.25) is 0 Å². The van der Waals surface area contributed by atoms with E-state index in [1.807, 2.05) is 24.3 Å². The summed E-state index contributed by atoms with van der Waals surface area (Å²) in [6.07, 6.45) is 7.12. The van der Waals surface area contributed by atoms with Gasteiger partial charge in [-0.15, -0.1) is 0 Å². The van der Waals surface area contributed by atoms with Crippen molar-refractivity contribution in [2.75, 3.05) is 0 Å². The molecule has 2 aromatic rings. The minimum absolute atomic E-state index is 0.0556. The van der Waals surface area contributed by atoms with E-state index in [1.54, 1.807) is 24.3 Å². The maximum Gasteiger partial charge on any atom is 0.339 e. The molecule has 0 radical (unpaired) electrons. The first-order valence-electron chi connectivity index (χ1n) is 7.71. The number of carbonyl (C=O) groups is 1. The molecule has 3 rings (SSSR count). The molecule has 0 aliphatic heterocycles. The molecule has 0 saturated carbocycles. The number of halogens is 3. The Morgan fingerprint density at radius 3 is 2.88 bits per heavy atom. The normalized spacial score (nSPS) is 16.6. The topological polar surface area (TPSA) is 68.0 Å². The maximum absolute atomic E-state index is 13.3. The van der Waals surface area contributed by atoms with Gasteiger partial charge < -0.3 is 5.11 Å². The Labute approximate surface area is 152 Å². The Bertz CT molecular complexity index is 919. The molecule has 2 heterocycles. The molecule has 1 atom stereocenters. The van der Waals surface area contributed by atoms with E-state index in [-0.39, 0.29) is 12.5 Å². The Kier molecular flexibility index (Phi) is 5.27. The van der Waals surface area contributed by atoms with Crippen molar-refractivity contribution in [1.29, 1.82) is 0 Å². The first-order valence-corrected chi connectivity index (χ1v) is 8.08. The summed E-state index contributed by atoms with van der Waals surface area (Å²) in [5, 5.41) is 13.4. The minimum atomic E-state index is -2.95. The van der Waals surface area contributed by atoms with E-state index in [4.69, 9.17) is 16.7 Å². The molecule has 5 nitrogen and oxygen atoms in total. The van der Waals surface area contributed by atoms with Crippen LogP contribution in [0.3, 0.4) is 0 Å². The molecule has 0 bridgehead atoms. The van der Waals surface area contributed by atoms with Crippen LogP contribution in [0.25, 0.3) is 0 Å². The lowest BCUT2D eigenvalue weighted by Gasteiger charge is -2.11. The lowest BCUT2D eigenvalue weighted by atomic mass is 10.0. The van der Waals surface area contributed by atoms with Crippen molar-refractivity contribution in [2.24, 2.45) is 0 Å². The number of nitrogens with zero attached hydrogens (tertiary/aromatic N) is 3. The van der Waals surface area contributed by atoms with Crippen LogP contribution in [-0.4, -0.2) is 25.8 Å². The van der Waals surface area contributed by atoms with Gasteiger partial charge in [0.1, 0.15) is 11.3 Å². The van der Waals surface area contributed by atoms with Crippen LogP contribution in [-0.2, 0) is 6.54 Å². The summed E-state index contributed by atoms with van der Waals surface area (Å²) < 4.78 is 27.5. The van der Waals surface area contributed by atoms with E-state index in [2.05, 4.69) is 10.1 Å². The Morgan fingerprint density at radius 1 is 1.35 bits per heavy atom. The van der Waals surface area contributed by atoms with Crippen LogP contribution in [0.15, 0.2) is 59.8 Å². The summed E-state index contributed by atoms with van der Waals surface area (Å²) in [6.45, 7) is -0.0556. The molecule has 134 valence electrons. The zero-order valence-corrected chi connectivity index (χ0v) is 14.1. The van der Waals surface area contributed by atoms with Gasteiger partial charge in [0.25, 0.3) is 6.43 Å². The number of allylic oxidation sites excluding steroid dienone is 6. The molecular weight excluding hydrogens is 364 g/mol. The molecule has 1 unspecified atom stereocenters. The number of hydrogen-bond acceptors (Lipinski definition) is 3. The lowest BCUT2D eigenvalue weighted by Crippen LogP contribution is -2.11. The van der Waals surface area contributed by atoms with Gasteiger partial charge in [-0.25, -0.2) is 13.6 Å². The number of carboxylic acid groups (broad SMARTS) is 1. The highest BCUT2D eigenvalue weighted by Crippen LogP contribution is 2.25. The van der Waals surface area contributed by atoms with Gasteiger partial charge in [-0.1, -0.05) is 35.9 Å². The van der Waals surface area contributed by atoms with Gasteiger partial charge in [0.2, 0.25) is 0 Å². The summed E-state index contributed by atoms with van der Waals surface area (Å²) in [6, 6.07) is 5.26. The summed E-state index contributed by atoms with van der Waals surface area (Å²) >= 11 is 5.96. The quantitative estimate of drug-likeness (QED) is 0.843. The van der Waals surface area contributed by atoms with Crippen molar-refractivity contribution < 1.29 is 18.7 Å². The Hall–Kier alpha value is -2.80. The standard InChI is InChI=1S/C18H14ClF2N3O2/c19-12-4-1-3-11(7-8-12)15-6-2-5-13(23-15)10-24-16(17(20)21)14(9-22-24)18(25)26/h1-9,11,17H,10H2,(H,25,26). The number of carboxylic acids is 1. The fraction of sp³-hybridized carbons (Fsp3) is 0.167. The van der Waals surface area contributed by atoms with Crippen LogP contribution in [0.1, 0.15) is 39.8 Å². The molecule has 1 N–H and O–H groups in total. The second kappa shape index (κ2) is 7.61. The fourth-order valence-electron chi connectivity index (χ4n) is 2.62. The second-order valence-corrected chi connectivity index (χ2v) is 6.02. The smallest absolute Gasteiger partial charge is 0.339 e. The van der Waals surface area contributed by atoms with E-state index in [9.17, 15) is 13.6 Å². The van der Waals surface area contributed by atoms with Gasteiger partial charge in [0, 0.05) is 11.0 Å². The monoisotopic (exact) mass is 377 g/mol. The van der Waals surface area contributed by atoms with Crippen molar-refractivity contribution >= 4 is 17.6 Å². The summed E-state index contributed by atoms with van der Waals surface area (Å²) in [5.41, 5.74) is 0.0787. The van der Waals surface area contributed by atoms with Gasteiger partial charge in [-0.2, -0.15) is 5.10 Å². The average Bonchev–Trinajstić information content (AvgIpc) is 2.90. The van der Waals surface area contributed by atoms with Crippen molar-refractivity contribution in [1.82, 2.24) is 14.8 Å². The summed E-state index contributed by atoms with van der Waals surface area (Å²) in [7, 11) is 0. The highest BCUT2D eigenvalue weighted by atomic mass is 35.5. The maximum atomic E-state index is 13.3. The van der Waals surface area contributed by atoms with E-state index in [1.165, 1.54) is 0 Å². The molecule has 26 heavy (non-hydrogen) atoms. The van der Waals surface area contributed by atoms with Gasteiger partial charge in [-0.05, 0) is 24.3 Å². The molecule has 1 aliphatic rings. The molecule has 0 spiro atoms. The first kappa shape index (κ1) is 18.0. The number of rotatable bonds is 5.